The topological polar surface area (TPSA) is 161 Å². The Morgan fingerprint density at radius 1 is 1.19 bits per heavy atom. The number of piperidine rings is 1. The number of nitrogens with one attached hydrogen (secondary N) is 2. The van der Waals surface area contributed by atoms with Gasteiger partial charge in [-0.05, 0) is 62.7 Å². The summed E-state index contributed by atoms with van der Waals surface area (Å²) in [5, 5.41) is 25.3. The second-order valence-corrected chi connectivity index (χ2v) is 15.1. The van der Waals surface area contributed by atoms with Gasteiger partial charge in [0, 0.05) is 31.6 Å². The molecule has 3 heterocycles. The zero-order chi connectivity index (χ0) is 34.8. The normalized spacial score (nSPS) is 21.8. The number of aryl methyl sites for hydroxylation is 1. The lowest BCUT2D eigenvalue weighted by Gasteiger charge is -2.35. The number of alkyl halides is 1. The molecule has 1 aromatic heterocycles. The van der Waals surface area contributed by atoms with E-state index in [1.54, 1.807) is 26.3 Å². The van der Waals surface area contributed by atoms with Gasteiger partial charge in [0.15, 0.2) is 5.67 Å². The molecule has 0 unspecified atom stereocenters. The molecule has 1 aliphatic carbocycles. The zero-order valence-corrected chi connectivity index (χ0v) is 28.8. The molecule has 262 valence electrons. The molecule has 2 aromatic rings. The monoisotopic (exact) mass is 687 g/mol. The Balaban J connectivity index is 1.26. The van der Waals surface area contributed by atoms with E-state index < -0.39 is 53.0 Å². The average Bonchev–Trinajstić information content (AvgIpc) is 3.45. The molecule has 0 radical (unpaired) electrons. The van der Waals surface area contributed by atoms with Gasteiger partial charge in [0.2, 0.25) is 11.8 Å². The highest BCUT2D eigenvalue weighted by Crippen LogP contribution is 2.40. The molecule has 2 aliphatic heterocycles. The first-order valence-electron chi connectivity index (χ1n) is 16.5. The molecule has 3 fully saturated rings. The molecule has 48 heavy (non-hydrogen) atoms. The Bertz CT molecular complexity index is 1520. The van der Waals surface area contributed by atoms with Gasteiger partial charge < -0.3 is 30.5 Å². The molecule has 3 atom stereocenters. The smallest absolute Gasteiger partial charge is 0.306 e. The molecule has 0 spiro atoms. The fourth-order valence-corrected chi connectivity index (χ4v) is 7.06. The summed E-state index contributed by atoms with van der Waals surface area (Å²) in [6, 6.07) is 3.67. The molecule has 5 rings (SSSR count). The van der Waals surface area contributed by atoms with Crippen LogP contribution in [0.2, 0.25) is 0 Å². The Morgan fingerprint density at radius 3 is 2.50 bits per heavy atom. The fraction of sp³-hybridized carbons (Fsp3) is 0.618. The minimum Gasteiger partial charge on any atom is -0.492 e. The third kappa shape index (κ3) is 8.32. The lowest BCUT2D eigenvalue weighted by Crippen LogP contribution is -2.59. The Morgan fingerprint density at radius 2 is 1.90 bits per heavy atom. The van der Waals surface area contributed by atoms with E-state index in [0.29, 0.717) is 50.4 Å². The highest BCUT2D eigenvalue weighted by atomic mass is 32.1. The summed E-state index contributed by atoms with van der Waals surface area (Å²) in [7, 11) is 0. The van der Waals surface area contributed by atoms with Crippen LogP contribution in [0, 0.1) is 18.3 Å². The number of likely N-dealkylation sites (tertiary alicyclic amines) is 2. The molecule has 3 aliphatic rings. The van der Waals surface area contributed by atoms with Gasteiger partial charge in [-0.3, -0.25) is 24.1 Å². The minimum atomic E-state index is -1.96. The summed E-state index contributed by atoms with van der Waals surface area (Å²) in [6.07, 6.45) is 0.515. The lowest BCUT2D eigenvalue weighted by molar-refractivity contribution is -0.145. The van der Waals surface area contributed by atoms with Gasteiger partial charge in [-0.15, -0.1) is 11.3 Å². The SMILES string of the molecule is Cc1ncsc1-c1ccc(CNC(=O)[C@@H]2C[C@@H](O)CN2C(=O)[C@@H](NC(=O)C2(F)CC2)C(C)(C)C)c(OCCN2CCC(C(=O)O)CC2)c1. The number of carboxylic acid groups (broad SMARTS) is 1. The van der Waals surface area contributed by atoms with Gasteiger partial charge in [-0.2, -0.15) is 0 Å². The molecule has 3 amide bonds. The number of aromatic nitrogens is 1. The molecule has 0 bridgehead atoms. The molecule has 14 heteroatoms. The third-order valence-electron chi connectivity index (χ3n) is 9.48. The van der Waals surface area contributed by atoms with E-state index >= 15 is 0 Å². The van der Waals surface area contributed by atoms with Gasteiger partial charge in [0.05, 0.1) is 28.1 Å². The van der Waals surface area contributed by atoms with E-state index in [9.17, 15) is 33.8 Å². The predicted octanol–water partition coefficient (Wildman–Crippen LogP) is 2.90. The first kappa shape index (κ1) is 35.7. The highest BCUT2D eigenvalue weighted by Gasteiger charge is 2.53. The number of thiazole rings is 1. The number of benzene rings is 1. The molecule has 1 aromatic carbocycles. The number of carboxylic acids is 1. The van der Waals surface area contributed by atoms with Crippen molar-refractivity contribution >= 4 is 35.0 Å². The van der Waals surface area contributed by atoms with E-state index in [2.05, 4.69) is 20.5 Å². The van der Waals surface area contributed by atoms with Crippen molar-refractivity contribution in [3.8, 4) is 16.2 Å². The number of carbonyl (C=O) groups excluding carboxylic acids is 3. The van der Waals surface area contributed by atoms with Crippen molar-refractivity contribution in [2.75, 3.05) is 32.8 Å². The van der Waals surface area contributed by atoms with Crippen molar-refractivity contribution in [1.29, 1.82) is 0 Å². The molecule has 12 nitrogen and oxygen atoms in total. The largest absolute Gasteiger partial charge is 0.492 e. The number of amides is 3. The molecule has 1 saturated carbocycles. The molecule has 2 saturated heterocycles. The molecular weight excluding hydrogens is 641 g/mol. The number of carbonyl (C=O) groups is 4. The quantitative estimate of drug-likeness (QED) is 0.263. The summed E-state index contributed by atoms with van der Waals surface area (Å²) in [4.78, 5) is 60.1. The second-order valence-electron chi connectivity index (χ2n) is 14.2. The first-order chi connectivity index (χ1) is 22.7. The van der Waals surface area contributed by atoms with E-state index in [1.807, 2.05) is 25.1 Å². The number of hydrogen-bond acceptors (Lipinski definition) is 9. The van der Waals surface area contributed by atoms with Crippen LogP contribution in [0.15, 0.2) is 23.7 Å². The van der Waals surface area contributed by atoms with Gasteiger partial charge in [-0.1, -0.05) is 32.9 Å². The number of hydrogen-bond donors (Lipinski definition) is 4. The van der Waals surface area contributed by atoms with Crippen LogP contribution in [0.3, 0.4) is 0 Å². The fourth-order valence-electron chi connectivity index (χ4n) is 6.26. The van der Waals surface area contributed by atoms with Gasteiger partial charge >= 0.3 is 5.97 Å². The van der Waals surface area contributed by atoms with Crippen molar-refractivity contribution in [2.45, 2.75) is 90.2 Å². The summed E-state index contributed by atoms with van der Waals surface area (Å²) >= 11 is 1.52. The van der Waals surface area contributed by atoms with Crippen molar-refractivity contribution in [3.05, 3.63) is 35.0 Å². The van der Waals surface area contributed by atoms with Crippen LogP contribution in [0.25, 0.3) is 10.4 Å². The maximum Gasteiger partial charge on any atom is 0.306 e. The van der Waals surface area contributed by atoms with Gasteiger partial charge in [-0.25, -0.2) is 9.37 Å². The predicted molar refractivity (Wildman–Crippen MR) is 177 cm³/mol. The van der Waals surface area contributed by atoms with Gasteiger partial charge in [0.25, 0.3) is 5.91 Å². The number of aliphatic carboxylic acids is 1. The summed E-state index contributed by atoms with van der Waals surface area (Å²) in [6.45, 7) is 9.56. The van der Waals surface area contributed by atoms with Crippen molar-refractivity contribution in [1.82, 2.24) is 25.4 Å². The number of rotatable bonds is 12. The van der Waals surface area contributed by atoms with Crippen molar-refractivity contribution in [3.63, 3.8) is 0 Å². The van der Waals surface area contributed by atoms with Crippen LogP contribution in [0.4, 0.5) is 4.39 Å². The van der Waals surface area contributed by atoms with Crippen molar-refractivity contribution < 1.29 is 38.5 Å². The van der Waals surface area contributed by atoms with Crippen LogP contribution in [0.5, 0.6) is 5.75 Å². The summed E-state index contributed by atoms with van der Waals surface area (Å²) < 4.78 is 20.8. The Kier molecular flexibility index (Phi) is 10.8. The maximum absolute atomic E-state index is 14.5. The average molecular weight is 688 g/mol. The number of β-amino-alcohol motifs (C(OH)–C–C–N with tert-alkyl or cyclic N) is 1. The zero-order valence-electron chi connectivity index (χ0n) is 28.0. The summed E-state index contributed by atoms with van der Waals surface area (Å²) in [5.74, 6) is -2.32. The highest BCUT2D eigenvalue weighted by molar-refractivity contribution is 7.13. The van der Waals surface area contributed by atoms with Crippen LogP contribution >= 0.6 is 11.3 Å². The van der Waals surface area contributed by atoms with Crippen LogP contribution in [-0.2, 0) is 25.7 Å². The number of aliphatic hydroxyl groups is 1. The second kappa shape index (κ2) is 14.5. The lowest BCUT2D eigenvalue weighted by atomic mass is 9.85. The van der Waals surface area contributed by atoms with Gasteiger partial charge in [0.1, 0.15) is 24.4 Å². The molecular formula is C34H46FN5O7S. The van der Waals surface area contributed by atoms with Crippen molar-refractivity contribution in [2.24, 2.45) is 11.3 Å². The molecule has 4 N–H and O–H groups in total. The minimum absolute atomic E-state index is 0.0287. The van der Waals surface area contributed by atoms with E-state index in [0.717, 1.165) is 16.1 Å². The first-order valence-corrected chi connectivity index (χ1v) is 17.4. The Labute approximate surface area is 284 Å². The Hall–Kier alpha value is -3.62. The number of halogens is 1. The van der Waals surface area contributed by atoms with E-state index in [-0.39, 0.29) is 38.3 Å². The number of nitrogens with zero attached hydrogens (tertiary/aromatic N) is 3. The summed E-state index contributed by atoms with van der Waals surface area (Å²) in [5.41, 5.74) is 1.57. The number of aliphatic hydroxyl groups excluding tert-OH is 1. The standard InChI is InChI=1S/C34H46FN5O7S/c1-20-27(48-19-37-20)22-5-6-23(26(15-22)47-14-13-39-11-7-21(8-12-39)31(44)45)17-36-29(42)25-16-24(41)18-40(25)30(43)28(33(2,3)4)38-32(46)34(35)9-10-34/h5-6,15,19,21,24-25,28,41H,7-14,16-18H2,1-4H3,(H,36,42)(H,38,46)(H,44,45)/t24-,25+,28-/m1/s1. The van der Waals surface area contributed by atoms with Crippen LogP contribution in [-0.4, -0.2) is 105 Å². The van der Waals surface area contributed by atoms with E-state index in [1.165, 1.54) is 16.2 Å². The third-order valence-corrected chi connectivity index (χ3v) is 10.5. The maximum atomic E-state index is 14.5. The van der Waals surface area contributed by atoms with Crippen LogP contribution in [0.1, 0.15) is 64.1 Å². The van der Waals surface area contributed by atoms with Crippen LogP contribution < -0.4 is 15.4 Å². The number of ether oxygens (including phenoxy) is 1. The van der Waals surface area contributed by atoms with E-state index in [4.69, 9.17) is 4.74 Å².